The topological polar surface area (TPSA) is 77.6 Å². The number of benzene rings is 2. The summed E-state index contributed by atoms with van der Waals surface area (Å²) in [6.07, 6.45) is 5.06. The van der Waals surface area contributed by atoms with Crippen molar-refractivity contribution in [2.24, 2.45) is 0 Å². The highest BCUT2D eigenvalue weighted by Crippen LogP contribution is 2.46. The first kappa shape index (κ1) is 23.6. The smallest absolute Gasteiger partial charge is 0.322 e. The molecule has 1 saturated heterocycles. The minimum absolute atomic E-state index is 0.0865. The molecule has 1 aromatic heterocycles. The third-order valence-electron chi connectivity index (χ3n) is 8.47. The quantitative estimate of drug-likeness (QED) is 0.547. The molecule has 190 valence electrons. The van der Waals surface area contributed by atoms with Crippen molar-refractivity contribution in [2.75, 3.05) is 30.9 Å². The molecule has 0 radical (unpaired) electrons. The first-order chi connectivity index (χ1) is 17.8. The van der Waals surface area contributed by atoms with Crippen LogP contribution in [0.4, 0.5) is 20.6 Å². The Kier molecular flexibility index (Phi) is 5.53. The van der Waals surface area contributed by atoms with Crippen LogP contribution >= 0.6 is 0 Å². The number of carbonyl (C=O) groups is 2. The maximum atomic E-state index is 15.4. The van der Waals surface area contributed by atoms with E-state index in [-0.39, 0.29) is 29.6 Å². The number of fused-ring (bicyclic) bond motifs is 1. The van der Waals surface area contributed by atoms with Crippen molar-refractivity contribution in [3.05, 3.63) is 77.7 Å². The summed E-state index contributed by atoms with van der Waals surface area (Å²) in [5.74, 6) is -0.591. The minimum atomic E-state index is -0.505. The van der Waals surface area contributed by atoms with E-state index in [1.807, 2.05) is 24.3 Å². The van der Waals surface area contributed by atoms with E-state index >= 15 is 4.39 Å². The molecule has 8 heteroatoms. The van der Waals surface area contributed by atoms with Crippen LogP contribution in [-0.2, 0) is 16.8 Å². The number of amides is 3. The number of urea groups is 1. The number of nitrogens with zero attached hydrogens (tertiary/aromatic N) is 3. The van der Waals surface area contributed by atoms with Crippen molar-refractivity contribution in [3.8, 4) is 11.3 Å². The summed E-state index contributed by atoms with van der Waals surface area (Å²) < 4.78 is 15.4. The Bertz CT molecular complexity index is 1380. The van der Waals surface area contributed by atoms with E-state index in [9.17, 15) is 9.59 Å². The molecule has 3 aliphatic rings. The highest BCUT2D eigenvalue weighted by atomic mass is 19.1. The third kappa shape index (κ3) is 3.87. The van der Waals surface area contributed by atoms with Crippen LogP contribution in [0.25, 0.3) is 11.3 Å². The maximum Gasteiger partial charge on any atom is 0.322 e. The van der Waals surface area contributed by atoms with Crippen LogP contribution in [0, 0.1) is 5.82 Å². The van der Waals surface area contributed by atoms with E-state index in [1.54, 1.807) is 0 Å². The molecule has 37 heavy (non-hydrogen) atoms. The standard InChI is InChI=1S/C29H30FN5O2/c1-34(2)29(19-7-4-3-5-8-19)13-11-28(12-14-29)18-35(27(37)33-28)25-17-31-24(16-22(25)30)20-9-6-10-23-21(20)15-26(36)32-23/h3-10,16-17H,11-15,18H2,1-2H3,(H,32,36)(H,33,37). The number of aromatic nitrogens is 1. The monoisotopic (exact) mass is 499 g/mol. The summed E-state index contributed by atoms with van der Waals surface area (Å²) in [4.78, 5) is 33.2. The lowest BCUT2D eigenvalue weighted by molar-refractivity contribution is -0.115. The van der Waals surface area contributed by atoms with Gasteiger partial charge < -0.3 is 10.6 Å². The average molecular weight is 500 g/mol. The Labute approximate surface area is 215 Å². The Morgan fingerprint density at radius 3 is 2.46 bits per heavy atom. The molecule has 2 aliphatic heterocycles. The predicted molar refractivity (Wildman–Crippen MR) is 141 cm³/mol. The fourth-order valence-electron chi connectivity index (χ4n) is 6.33. The van der Waals surface area contributed by atoms with Crippen molar-refractivity contribution < 1.29 is 14.0 Å². The van der Waals surface area contributed by atoms with Crippen LogP contribution in [-0.4, -0.2) is 48.0 Å². The van der Waals surface area contributed by atoms with Crippen molar-refractivity contribution in [1.82, 2.24) is 15.2 Å². The van der Waals surface area contributed by atoms with Crippen LogP contribution in [0.15, 0.2) is 60.8 Å². The van der Waals surface area contributed by atoms with E-state index in [0.717, 1.165) is 42.5 Å². The van der Waals surface area contributed by atoms with Crippen LogP contribution in [0.2, 0.25) is 0 Å². The van der Waals surface area contributed by atoms with Crippen molar-refractivity contribution in [1.29, 1.82) is 0 Å². The second-order valence-electron chi connectivity index (χ2n) is 10.7. The van der Waals surface area contributed by atoms with Crippen molar-refractivity contribution >= 4 is 23.3 Å². The highest BCUT2D eigenvalue weighted by molar-refractivity contribution is 6.01. The van der Waals surface area contributed by atoms with Gasteiger partial charge in [0.2, 0.25) is 5.91 Å². The molecule has 1 aliphatic carbocycles. The molecule has 0 bridgehead atoms. The van der Waals surface area contributed by atoms with Crippen LogP contribution < -0.4 is 15.5 Å². The minimum Gasteiger partial charge on any atom is -0.330 e. The van der Waals surface area contributed by atoms with Gasteiger partial charge in [0.15, 0.2) is 5.82 Å². The molecule has 0 unspecified atom stereocenters. The average Bonchev–Trinajstić information content (AvgIpc) is 3.43. The maximum absolute atomic E-state index is 15.4. The first-order valence-corrected chi connectivity index (χ1v) is 12.7. The Morgan fingerprint density at radius 1 is 1.00 bits per heavy atom. The van der Waals surface area contributed by atoms with Crippen molar-refractivity contribution in [3.63, 3.8) is 0 Å². The van der Waals surface area contributed by atoms with Gasteiger partial charge in [-0.25, -0.2) is 9.18 Å². The van der Waals surface area contributed by atoms with Gasteiger partial charge in [-0.3, -0.25) is 19.6 Å². The molecular weight excluding hydrogens is 469 g/mol. The third-order valence-corrected chi connectivity index (χ3v) is 8.47. The second-order valence-corrected chi connectivity index (χ2v) is 10.7. The number of hydrogen-bond donors (Lipinski definition) is 2. The summed E-state index contributed by atoms with van der Waals surface area (Å²) in [7, 11) is 4.22. The van der Waals surface area contributed by atoms with E-state index in [2.05, 4.69) is 58.9 Å². The summed E-state index contributed by atoms with van der Waals surface area (Å²) in [6, 6.07) is 17.1. The van der Waals surface area contributed by atoms with E-state index in [4.69, 9.17) is 0 Å². The van der Waals surface area contributed by atoms with Crippen LogP contribution in [0.5, 0.6) is 0 Å². The van der Waals surface area contributed by atoms with Crippen molar-refractivity contribution in [2.45, 2.75) is 43.2 Å². The molecule has 3 heterocycles. The van der Waals surface area contributed by atoms with E-state index in [1.165, 1.54) is 22.7 Å². The van der Waals surface area contributed by atoms with Gasteiger partial charge in [0, 0.05) is 22.9 Å². The Morgan fingerprint density at radius 2 is 1.76 bits per heavy atom. The zero-order valence-electron chi connectivity index (χ0n) is 21.1. The number of pyridine rings is 1. The van der Waals surface area contributed by atoms with Gasteiger partial charge in [-0.05, 0) is 57.0 Å². The number of rotatable bonds is 4. The number of hydrogen-bond acceptors (Lipinski definition) is 4. The second kappa shape index (κ2) is 8.66. The van der Waals surface area contributed by atoms with Gasteiger partial charge in [0.05, 0.1) is 36.1 Å². The summed E-state index contributed by atoms with van der Waals surface area (Å²) >= 11 is 0. The fourth-order valence-corrected chi connectivity index (χ4v) is 6.33. The SMILES string of the molecule is CN(C)C1(c2ccccc2)CCC2(CC1)CN(c1cnc(-c3cccc4c3CC(=O)N4)cc1F)C(=O)N2. The lowest BCUT2D eigenvalue weighted by Gasteiger charge is -2.48. The van der Waals surface area contributed by atoms with Gasteiger partial charge in [-0.2, -0.15) is 0 Å². The molecule has 2 N–H and O–H groups in total. The van der Waals surface area contributed by atoms with Gasteiger partial charge in [-0.15, -0.1) is 0 Å². The highest BCUT2D eigenvalue weighted by Gasteiger charge is 2.50. The molecule has 1 saturated carbocycles. The fraction of sp³-hybridized carbons (Fsp3) is 0.345. The van der Waals surface area contributed by atoms with Gasteiger partial charge in [0.1, 0.15) is 0 Å². The van der Waals surface area contributed by atoms with Gasteiger partial charge in [-0.1, -0.05) is 42.5 Å². The summed E-state index contributed by atoms with van der Waals surface area (Å²) in [5.41, 5.74) is 3.68. The van der Waals surface area contributed by atoms with Crippen LogP contribution in [0.3, 0.4) is 0 Å². The summed E-state index contributed by atoms with van der Waals surface area (Å²) in [6.45, 7) is 0.404. The molecule has 3 amide bonds. The number of nitrogens with one attached hydrogen (secondary N) is 2. The molecule has 1 spiro atoms. The normalized spacial score (nSPS) is 24.9. The zero-order chi connectivity index (χ0) is 25.8. The lowest BCUT2D eigenvalue weighted by atomic mass is 9.69. The lowest BCUT2D eigenvalue weighted by Crippen LogP contribution is -2.54. The predicted octanol–water partition coefficient (Wildman–Crippen LogP) is 4.68. The van der Waals surface area contributed by atoms with Gasteiger partial charge >= 0.3 is 6.03 Å². The van der Waals surface area contributed by atoms with Gasteiger partial charge in [0.25, 0.3) is 0 Å². The van der Waals surface area contributed by atoms with Crippen LogP contribution in [0.1, 0.15) is 36.8 Å². The number of halogens is 1. The zero-order valence-corrected chi connectivity index (χ0v) is 21.1. The molecule has 3 aromatic rings. The van der Waals surface area contributed by atoms with E-state index < -0.39 is 11.4 Å². The Hall–Kier alpha value is -3.78. The number of carbonyl (C=O) groups excluding carboxylic acids is 2. The molecule has 2 aromatic carbocycles. The number of anilines is 2. The Balaban J connectivity index is 1.23. The first-order valence-electron chi connectivity index (χ1n) is 12.7. The summed E-state index contributed by atoms with van der Waals surface area (Å²) in [5, 5.41) is 6.00. The molecule has 6 rings (SSSR count). The van der Waals surface area contributed by atoms with E-state index in [0.29, 0.717) is 12.2 Å². The largest absolute Gasteiger partial charge is 0.330 e. The molecular formula is C29H30FN5O2. The molecule has 0 atom stereocenters. The molecule has 2 fully saturated rings. The molecule has 7 nitrogen and oxygen atoms in total.